The van der Waals surface area contributed by atoms with Crippen molar-refractivity contribution in [3.8, 4) is 11.5 Å². The number of amides is 1. The van der Waals surface area contributed by atoms with Crippen LogP contribution in [-0.2, 0) is 0 Å². The van der Waals surface area contributed by atoms with Gasteiger partial charge in [-0.1, -0.05) is 47.5 Å². The van der Waals surface area contributed by atoms with Crippen molar-refractivity contribution in [2.75, 3.05) is 5.32 Å². The summed E-state index contributed by atoms with van der Waals surface area (Å²) in [7, 11) is 0. The van der Waals surface area contributed by atoms with Gasteiger partial charge in [-0.2, -0.15) is 0 Å². The van der Waals surface area contributed by atoms with E-state index in [9.17, 15) is 4.79 Å². The van der Waals surface area contributed by atoms with Gasteiger partial charge >= 0.3 is 0 Å². The Kier molecular flexibility index (Phi) is 4.74. The van der Waals surface area contributed by atoms with Gasteiger partial charge in [0, 0.05) is 26.4 Å². The Labute approximate surface area is 186 Å². The summed E-state index contributed by atoms with van der Waals surface area (Å²) in [5.41, 5.74) is 3.96. The molecule has 2 heterocycles. The lowest BCUT2D eigenvalue weighted by Gasteiger charge is -2.03. The van der Waals surface area contributed by atoms with Crippen molar-refractivity contribution in [2.24, 2.45) is 0 Å². The number of hydrogen-bond donors (Lipinski definition) is 1. The van der Waals surface area contributed by atoms with E-state index in [1.165, 1.54) is 11.3 Å². The number of thiophene rings is 1. The van der Waals surface area contributed by atoms with E-state index in [4.69, 9.17) is 27.6 Å². The average molecular weight is 453 g/mol. The van der Waals surface area contributed by atoms with Gasteiger partial charge in [0.25, 0.3) is 5.91 Å². The van der Waals surface area contributed by atoms with Gasteiger partial charge in [0.2, 0.25) is 5.89 Å². The van der Waals surface area contributed by atoms with Crippen molar-refractivity contribution < 1.29 is 9.21 Å². The molecule has 0 atom stereocenters. The van der Waals surface area contributed by atoms with Gasteiger partial charge in [-0.3, -0.25) is 4.79 Å². The summed E-state index contributed by atoms with van der Waals surface area (Å²) in [6.45, 7) is 2.01. The highest BCUT2D eigenvalue weighted by Crippen LogP contribution is 2.37. The van der Waals surface area contributed by atoms with E-state index >= 15 is 0 Å². The zero-order chi connectivity index (χ0) is 20.8. The van der Waals surface area contributed by atoms with Crippen LogP contribution in [0.4, 0.5) is 5.69 Å². The summed E-state index contributed by atoms with van der Waals surface area (Å²) in [5.74, 6) is 0.273. The van der Waals surface area contributed by atoms with Crippen LogP contribution in [0.15, 0.2) is 65.1 Å². The molecule has 1 amide bonds. The Hall–Kier alpha value is -2.86. The van der Waals surface area contributed by atoms with Gasteiger partial charge in [0.15, 0.2) is 5.58 Å². The fraction of sp³-hybridized carbons (Fsp3) is 0.0435. The first-order valence-electron chi connectivity index (χ1n) is 9.15. The molecule has 7 heteroatoms. The number of nitrogens with one attached hydrogen (secondary N) is 1. The minimum Gasteiger partial charge on any atom is -0.436 e. The number of rotatable bonds is 3. The molecule has 0 saturated heterocycles. The molecular formula is C23H14Cl2N2O2S. The summed E-state index contributed by atoms with van der Waals surface area (Å²) < 4.78 is 6.76. The second kappa shape index (κ2) is 7.43. The minimum atomic E-state index is -0.278. The van der Waals surface area contributed by atoms with Crippen molar-refractivity contribution in [3.05, 3.63) is 81.1 Å². The van der Waals surface area contributed by atoms with Crippen molar-refractivity contribution in [1.82, 2.24) is 4.98 Å². The quantitative estimate of drug-likeness (QED) is 0.306. The Morgan fingerprint density at radius 2 is 1.90 bits per heavy atom. The highest BCUT2D eigenvalue weighted by atomic mass is 35.5. The van der Waals surface area contributed by atoms with Crippen molar-refractivity contribution >= 4 is 67.3 Å². The van der Waals surface area contributed by atoms with E-state index in [1.807, 2.05) is 37.3 Å². The van der Waals surface area contributed by atoms with E-state index in [2.05, 4.69) is 10.3 Å². The molecule has 5 rings (SSSR count). The van der Waals surface area contributed by atoms with Crippen molar-refractivity contribution in [3.63, 3.8) is 0 Å². The molecule has 0 spiro atoms. The first-order chi connectivity index (χ1) is 14.5. The van der Waals surface area contributed by atoms with Gasteiger partial charge in [-0.05, 0) is 48.9 Å². The van der Waals surface area contributed by atoms with E-state index < -0.39 is 0 Å². The summed E-state index contributed by atoms with van der Waals surface area (Å²) in [4.78, 5) is 17.9. The van der Waals surface area contributed by atoms with Crippen LogP contribution >= 0.6 is 34.5 Å². The van der Waals surface area contributed by atoms with Crippen LogP contribution in [0.1, 0.15) is 15.2 Å². The maximum Gasteiger partial charge on any atom is 0.267 e. The van der Waals surface area contributed by atoms with E-state index in [0.29, 0.717) is 37.6 Å². The molecule has 2 aromatic heterocycles. The number of nitrogens with zero attached hydrogens (tertiary/aromatic N) is 1. The third-order valence-corrected chi connectivity index (χ3v) is 6.71. The number of aryl methyl sites for hydroxylation is 1. The normalized spacial score (nSPS) is 11.3. The molecule has 0 saturated carbocycles. The van der Waals surface area contributed by atoms with Crippen LogP contribution in [0.5, 0.6) is 0 Å². The van der Waals surface area contributed by atoms with Crippen LogP contribution in [0, 0.1) is 6.92 Å². The van der Waals surface area contributed by atoms with Crippen LogP contribution < -0.4 is 5.32 Å². The fourth-order valence-corrected chi connectivity index (χ4v) is 4.99. The zero-order valence-corrected chi connectivity index (χ0v) is 18.0. The molecule has 0 fully saturated rings. The number of carbonyl (C=O) groups excluding carboxylic acids is 1. The van der Waals surface area contributed by atoms with Crippen LogP contribution in [0.25, 0.3) is 32.6 Å². The molecule has 1 N–H and O–H groups in total. The molecule has 4 nitrogen and oxygen atoms in total. The Bertz CT molecular complexity index is 1440. The predicted molar refractivity (Wildman–Crippen MR) is 124 cm³/mol. The van der Waals surface area contributed by atoms with Crippen molar-refractivity contribution in [2.45, 2.75) is 6.92 Å². The molecule has 0 radical (unpaired) electrons. The Morgan fingerprint density at radius 3 is 2.73 bits per heavy atom. The standard InChI is InChI=1S/C23H14Cl2N2O2S/c1-12-4-2-3-5-15(12)23-27-17-11-14(7-9-18(17)29-23)26-22(28)21-20(25)16-8-6-13(24)10-19(16)30-21/h2-11H,1H3,(H,26,28). The lowest BCUT2D eigenvalue weighted by molar-refractivity contribution is 0.103. The SMILES string of the molecule is Cc1ccccc1-c1nc2cc(NC(=O)c3sc4cc(Cl)ccc4c3Cl)ccc2o1. The summed E-state index contributed by atoms with van der Waals surface area (Å²) in [6.07, 6.45) is 0. The highest BCUT2D eigenvalue weighted by molar-refractivity contribution is 7.21. The third-order valence-electron chi connectivity index (χ3n) is 4.82. The zero-order valence-electron chi connectivity index (χ0n) is 15.7. The third kappa shape index (κ3) is 3.35. The van der Waals surface area contributed by atoms with Crippen LogP contribution in [0.3, 0.4) is 0 Å². The van der Waals surface area contributed by atoms with Gasteiger partial charge in [0.1, 0.15) is 10.4 Å². The van der Waals surface area contributed by atoms with E-state index in [-0.39, 0.29) is 5.91 Å². The second-order valence-corrected chi connectivity index (χ2v) is 8.72. The van der Waals surface area contributed by atoms with E-state index in [0.717, 1.165) is 21.2 Å². The molecule has 0 unspecified atom stereocenters. The molecule has 0 bridgehead atoms. The number of hydrogen-bond acceptors (Lipinski definition) is 4. The number of benzene rings is 3. The maximum absolute atomic E-state index is 12.8. The summed E-state index contributed by atoms with van der Waals surface area (Å²) >= 11 is 13.8. The molecule has 0 aliphatic rings. The Balaban J connectivity index is 1.46. The van der Waals surface area contributed by atoms with Gasteiger partial charge < -0.3 is 9.73 Å². The molecular weight excluding hydrogens is 439 g/mol. The van der Waals surface area contributed by atoms with Crippen LogP contribution in [-0.4, -0.2) is 10.9 Å². The number of oxazole rings is 1. The molecule has 0 aliphatic carbocycles. The molecule has 30 heavy (non-hydrogen) atoms. The number of aromatic nitrogens is 1. The lowest BCUT2D eigenvalue weighted by atomic mass is 10.1. The first kappa shape index (κ1) is 19.1. The fourth-order valence-electron chi connectivity index (χ4n) is 3.31. The Morgan fingerprint density at radius 1 is 1.07 bits per heavy atom. The smallest absolute Gasteiger partial charge is 0.267 e. The second-order valence-electron chi connectivity index (χ2n) is 6.86. The van der Waals surface area contributed by atoms with E-state index in [1.54, 1.807) is 30.3 Å². The maximum atomic E-state index is 12.8. The summed E-state index contributed by atoms with van der Waals surface area (Å²) in [5, 5.41) is 4.74. The topological polar surface area (TPSA) is 55.1 Å². The number of anilines is 1. The first-order valence-corrected chi connectivity index (χ1v) is 10.7. The number of fused-ring (bicyclic) bond motifs is 2. The summed E-state index contributed by atoms with van der Waals surface area (Å²) in [6, 6.07) is 18.7. The minimum absolute atomic E-state index is 0.278. The van der Waals surface area contributed by atoms with Crippen LogP contribution in [0.2, 0.25) is 10.0 Å². The number of carbonyl (C=O) groups is 1. The average Bonchev–Trinajstić information content (AvgIpc) is 3.28. The molecule has 0 aliphatic heterocycles. The molecule has 148 valence electrons. The number of halogens is 2. The molecule has 3 aromatic carbocycles. The lowest BCUT2D eigenvalue weighted by Crippen LogP contribution is -2.10. The van der Waals surface area contributed by atoms with Crippen molar-refractivity contribution in [1.29, 1.82) is 0 Å². The monoisotopic (exact) mass is 452 g/mol. The van der Waals surface area contributed by atoms with Gasteiger partial charge in [-0.15, -0.1) is 11.3 Å². The largest absolute Gasteiger partial charge is 0.436 e. The van der Waals surface area contributed by atoms with Gasteiger partial charge in [-0.25, -0.2) is 4.98 Å². The van der Waals surface area contributed by atoms with Gasteiger partial charge in [0.05, 0.1) is 5.02 Å². The predicted octanol–water partition coefficient (Wildman–Crippen LogP) is 7.58. The highest BCUT2D eigenvalue weighted by Gasteiger charge is 2.18. The molecule has 5 aromatic rings.